The van der Waals surface area contributed by atoms with Crippen LogP contribution in [0.4, 0.5) is 5.69 Å². The van der Waals surface area contributed by atoms with Crippen LogP contribution in [0.15, 0.2) is 51.8 Å². The second kappa shape index (κ2) is 9.13. The molecule has 2 heterocycles. The van der Waals surface area contributed by atoms with E-state index in [1.54, 1.807) is 18.4 Å². The predicted octanol–water partition coefficient (Wildman–Crippen LogP) is 5.38. The number of thioether (sulfide) groups is 1. The number of anilines is 1. The number of hydrogen-bond acceptors (Lipinski definition) is 6. The highest BCUT2D eigenvalue weighted by molar-refractivity contribution is 8.16. The summed E-state index contributed by atoms with van der Waals surface area (Å²) in [6.45, 7) is 0. The van der Waals surface area contributed by atoms with Gasteiger partial charge in [0.15, 0.2) is 5.66 Å². The van der Waals surface area contributed by atoms with E-state index in [9.17, 15) is 4.79 Å². The first-order valence-corrected chi connectivity index (χ1v) is 11.8. The number of hydrogen-bond donors (Lipinski definition) is 1. The van der Waals surface area contributed by atoms with Crippen LogP contribution in [0.5, 0.6) is 5.75 Å². The van der Waals surface area contributed by atoms with Gasteiger partial charge in [0.05, 0.1) is 17.7 Å². The van der Waals surface area contributed by atoms with Crippen molar-refractivity contribution >= 4 is 45.4 Å². The average Bonchev–Trinajstić information content (AvgIpc) is 3.31. The van der Waals surface area contributed by atoms with Crippen molar-refractivity contribution in [3.8, 4) is 5.75 Å². The number of amides is 1. The van der Waals surface area contributed by atoms with Crippen LogP contribution >= 0.6 is 23.1 Å². The Kier molecular flexibility index (Phi) is 6.35. The fourth-order valence-corrected chi connectivity index (χ4v) is 5.39. The van der Waals surface area contributed by atoms with Gasteiger partial charge in [-0.05, 0) is 49.3 Å². The van der Waals surface area contributed by atoms with Crippen LogP contribution in [-0.2, 0) is 4.79 Å². The Morgan fingerprint density at radius 3 is 2.72 bits per heavy atom. The van der Waals surface area contributed by atoms with E-state index in [-0.39, 0.29) is 11.6 Å². The van der Waals surface area contributed by atoms with Gasteiger partial charge in [0.1, 0.15) is 16.5 Å². The van der Waals surface area contributed by atoms with Crippen LogP contribution in [0, 0.1) is 0 Å². The lowest BCUT2D eigenvalue weighted by molar-refractivity contribution is -0.113. The van der Waals surface area contributed by atoms with Crippen molar-refractivity contribution in [2.24, 2.45) is 9.98 Å². The summed E-state index contributed by atoms with van der Waals surface area (Å²) < 4.78 is 5.22. The van der Waals surface area contributed by atoms with E-state index in [1.807, 2.05) is 30.3 Å². The highest BCUT2D eigenvalue weighted by Crippen LogP contribution is 2.38. The molecule has 7 heteroatoms. The molecule has 1 aromatic heterocycles. The Bertz CT molecular complexity index is 914. The Hall–Kier alpha value is -2.12. The van der Waals surface area contributed by atoms with Crippen molar-refractivity contribution in [2.75, 3.05) is 18.2 Å². The molecule has 5 nitrogen and oxygen atoms in total. The normalized spacial score (nSPS) is 18.1. The van der Waals surface area contributed by atoms with Crippen molar-refractivity contribution in [3.05, 3.63) is 46.7 Å². The molecule has 1 aromatic carbocycles. The second-order valence-corrected chi connectivity index (χ2v) is 9.23. The van der Waals surface area contributed by atoms with Gasteiger partial charge in [-0.1, -0.05) is 36.7 Å². The minimum atomic E-state index is -0.318. The number of benzene rings is 1. The van der Waals surface area contributed by atoms with Crippen LogP contribution in [0.2, 0.25) is 0 Å². The lowest BCUT2D eigenvalue weighted by Gasteiger charge is -2.20. The van der Waals surface area contributed by atoms with Gasteiger partial charge in [-0.3, -0.25) is 9.79 Å². The molecule has 1 N–H and O–H groups in total. The molecule has 29 heavy (non-hydrogen) atoms. The minimum absolute atomic E-state index is 0.0571. The number of nitrogens with one attached hydrogen (secondary N) is 1. The maximum absolute atomic E-state index is 12.5. The van der Waals surface area contributed by atoms with Crippen LogP contribution in [-0.4, -0.2) is 35.2 Å². The smallest absolute Gasteiger partial charge is 0.234 e. The van der Waals surface area contributed by atoms with Gasteiger partial charge >= 0.3 is 0 Å². The molecule has 2 aromatic rings. The molecule has 0 bridgehead atoms. The number of nitrogens with zero attached hydrogens (tertiary/aromatic N) is 2. The summed E-state index contributed by atoms with van der Waals surface area (Å²) in [6, 6.07) is 11.5. The fraction of sp³-hybridized carbons (Fsp3) is 0.409. The van der Waals surface area contributed by atoms with Crippen molar-refractivity contribution in [2.45, 2.75) is 44.2 Å². The summed E-state index contributed by atoms with van der Waals surface area (Å²) >= 11 is 3.16. The lowest BCUT2D eigenvalue weighted by atomic mass is 10.0. The lowest BCUT2D eigenvalue weighted by Crippen LogP contribution is -2.20. The molecular weight excluding hydrogens is 402 g/mol. The van der Waals surface area contributed by atoms with E-state index in [2.05, 4.69) is 16.8 Å². The standard InChI is InChI=1S/C22H25N3O2S2/c1-27-17-9-6-8-16(14-17)23-19(26)15-29-21-20(18-10-7-13-28-18)24-22(25-21)11-4-2-3-5-12-22/h6-10,13-14H,2-5,11-12,15H2,1H3,(H,23,26). The summed E-state index contributed by atoms with van der Waals surface area (Å²) in [5.74, 6) is 0.965. The quantitative estimate of drug-likeness (QED) is 0.697. The zero-order valence-electron chi connectivity index (χ0n) is 16.5. The first-order chi connectivity index (χ1) is 14.2. The molecule has 4 rings (SSSR count). The second-order valence-electron chi connectivity index (χ2n) is 7.32. The van der Waals surface area contributed by atoms with Gasteiger partial charge in [-0.2, -0.15) is 0 Å². The van der Waals surface area contributed by atoms with Gasteiger partial charge in [0.2, 0.25) is 5.91 Å². The zero-order chi connectivity index (χ0) is 20.1. The van der Waals surface area contributed by atoms with Crippen LogP contribution < -0.4 is 10.1 Å². The molecule has 1 saturated carbocycles. The summed E-state index contributed by atoms with van der Waals surface area (Å²) in [5.41, 5.74) is 1.37. The number of carbonyl (C=O) groups is 1. The Morgan fingerprint density at radius 2 is 2.00 bits per heavy atom. The third-order valence-electron chi connectivity index (χ3n) is 5.18. The number of methoxy groups -OCH3 is 1. The van der Waals surface area contributed by atoms with E-state index >= 15 is 0 Å². The van der Waals surface area contributed by atoms with Crippen LogP contribution in [0.1, 0.15) is 43.4 Å². The van der Waals surface area contributed by atoms with Crippen molar-refractivity contribution < 1.29 is 9.53 Å². The fourth-order valence-electron chi connectivity index (χ4n) is 3.75. The molecular formula is C22H25N3O2S2. The van der Waals surface area contributed by atoms with Gasteiger partial charge in [0, 0.05) is 11.8 Å². The van der Waals surface area contributed by atoms with Crippen molar-refractivity contribution in [3.63, 3.8) is 0 Å². The van der Waals surface area contributed by atoms with Crippen molar-refractivity contribution in [1.82, 2.24) is 0 Å². The SMILES string of the molecule is COc1cccc(NC(=O)CSC2=NC3(CCCCCC3)N=C2c2cccs2)c1. The van der Waals surface area contributed by atoms with E-state index < -0.39 is 0 Å². The maximum Gasteiger partial charge on any atom is 0.234 e. The summed E-state index contributed by atoms with van der Waals surface area (Å²) in [5, 5.41) is 5.90. The first-order valence-electron chi connectivity index (χ1n) is 9.98. The first kappa shape index (κ1) is 20.2. The number of ether oxygens (including phenoxy) is 1. The molecule has 1 aliphatic heterocycles. The molecule has 1 aliphatic carbocycles. The Balaban J connectivity index is 1.47. The molecule has 1 spiro atoms. The molecule has 0 saturated heterocycles. The monoisotopic (exact) mass is 427 g/mol. The minimum Gasteiger partial charge on any atom is -0.497 e. The van der Waals surface area contributed by atoms with E-state index in [4.69, 9.17) is 14.7 Å². The van der Waals surface area contributed by atoms with E-state index in [0.29, 0.717) is 5.75 Å². The van der Waals surface area contributed by atoms with Gasteiger partial charge in [0.25, 0.3) is 0 Å². The highest BCUT2D eigenvalue weighted by atomic mass is 32.2. The number of rotatable bonds is 5. The molecule has 1 amide bonds. The molecule has 0 radical (unpaired) electrons. The Labute approximate surface area is 179 Å². The molecule has 2 aliphatic rings. The third-order valence-corrected chi connectivity index (χ3v) is 7.03. The highest BCUT2D eigenvalue weighted by Gasteiger charge is 2.37. The molecule has 0 atom stereocenters. The topological polar surface area (TPSA) is 63.0 Å². The summed E-state index contributed by atoms with van der Waals surface area (Å²) in [6.07, 6.45) is 6.85. The summed E-state index contributed by atoms with van der Waals surface area (Å²) in [4.78, 5) is 23.8. The average molecular weight is 428 g/mol. The van der Waals surface area contributed by atoms with E-state index in [1.165, 1.54) is 37.4 Å². The number of thiophene rings is 1. The van der Waals surface area contributed by atoms with Gasteiger partial charge < -0.3 is 10.1 Å². The maximum atomic E-state index is 12.5. The van der Waals surface area contributed by atoms with Crippen LogP contribution in [0.3, 0.4) is 0 Å². The Morgan fingerprint density at radius 1 is 1.17 bits per heavy atom. The number of aliphatic imine (C=N–C) groups is 2. The predicted molar refractivity (Wildman–Crippen MR) is 123 cm³/mol. The zero-order valence-corrected chi connectivity index (χ0v) is 18.2. The summed E-state index contributed by atoms with van der Waals surface area (Å²) in [7, 11) is 1.61. The van der Waals surface area contributed by atoms with Gasteiger partial charge in [-0.25, -0.2) is 4.99 Å². The largest absolute Gasteiger partial charge is 0.497 e. The van der Waals surface area contributed by atoms with Crippen LogP contribution in [0.25, 0.3) is 0 Å². The molecule has 0 unspecified atom stereocenters. The third kappa shape index (κ3) is 4.90. The van der Waals surface area contributed by atoms with Gasteiger partial charge in [-0.15, -0.1) is 11.3 Å². The molecule has 1 fully saturated rings. The van der Waals surface area contributed by atoms with Crippen molar-refractivity contribution in [1.29, 1.82) is 0 Å². The number of carbonyl (C=O) groups excluding carboxylic acids is 1. The van der Waals surface area contributed by atoms with E-state index in [0.717, 1.165) is 39.9 Å². The molecule has 152 valence electrons.